The Balaban J connectivity index is 0.00000676. The van der Waals surface area contributed by atoms with Crippen LogP contribution in [0.2, 0.25) is 0 Å². The van der Waals surface area contributed by atoms with Crippen molar-refractivity contribution < 1.29 is 17.6 Å². The Hall–Kier alpha value is -0.750. The van der Waals surface area contributed by atoms with Gasteiger partial charge in [-0.15, -0.1) is 24.0 Å². The lowest BCUT2D eigenvalue weighted by Crippen LogP contribution is -2.39. The van der Waals surface area contributed by atoms with Gasteiger partial charge in [0, 0.05) is 25.9 Å². The maximum atomic E-state index is 13.4. The van der Waals surface area contributed by atoms with E-state index in [0.29, 0.717) is 37.8 Å². The standard InChI is InChI=1S/C17H26F4N4S.HI/c1-22-16(23-7-4-8-25(2)12-17(19,20)21)24-10-13-5-6-15(18)9-14(13)11-26-3;/h5-6,9H,4,7-8,10-12H2,1-3H3,(H2,22,23,24);1H. The third-order valence-electron chi connectivity index (χ3n) is 3.60. The third kappa shape index (κ3) is 11.6. The van der Waals surface area contributed by atoms with Crippen molar-refractivity contribution >= 4 is 41.7 Å². The van der Waals surface area contributed by atoms with Crippen LogP contribution in [0.3, 0.4) is 0 Å². The molecule has 0 saturated heterocycles. The van der Waals surface area contributed by atoms with Crippen LogP contribution in [0.4, 0.5) is 17.6 Å². The molecule has 4 nitrogen and oxygen atoms in total. The Kier molecular flexibility index (Phi) is 13.1. The van der Waals surface area contributed by atoms with Crippen LogP contribution < -0.4 is 10.6 Å². The summed E-state index contributed by atoms with van der Waals surface area (Å²) in [4.78, 5) is 5.34. The number of halogens is 5. The zero-order chi connectivity index (χ0) is 19.6. The van der Waals surface area contributed by atoms with Gasteiger partial charge in [0.15, 0.2) is 5.96 Å². The Morgan fingerprint density at radius 3 is 2.52 bits per heavy atom. The van der Waals surface area contributed by atoms with Gasteiger partial charge in [-0.05, 0) is 49.5 Å². The predicted octanol–water partition coefficient (Wildman–Crippen LogP) is 3.86. The number of alkyl halides is 3. The summed E-state index contributed by atoms with van der Waals surface area (Å²) in [7, 11) is 3.07. The van der Waals surface area contributed by atoms with Crippen molar-refractivity contribution in [2.45, 2.75) is 24.9 Å². The first-order valence-corrected chi connectivity index (χ1v) is 9.60. The highest BCUT2D eigenvalue weighted by molar-refractivity contribution is 14.0. The number of thioether (sulfide) groups is 1. The smallest absolute Gasteiger partial charge is 0.356 e. The number of rotatable bonds is 9. The molecule has 0 amide bonds. The number of guanidine groups is 1. The summed E-state index contributed by atoms with van der Waals surface area (Å²) in [5.41, 5.74) is 1.91. The molecular formula is C17H27F4IN4S. The minimum atomic E-state index is -4.18. The Labute approximate surface area is 179 Å². The van der Waals surface area contributed by atoms with Gasteiger partial charge in [0.25, 0.3) is 0 Å². The topological polar surface area (TPSA) is 39.7 Å². The van der Waals surface area contributed by atoms with Crippen LogP contribution in [0.1, 0.15) is 17.5 Å². The molecule has 0 aliphatic carbocycles. The van der Waals surface area contributed by atoms with Crippen LogP contribution in [0.5, 0.6) is 0 Å². The molecule has 1 aromatic carbocycles. The average molecular weight is 522 g/mol. The van der Waals surface area contributed by atoms with Gasteiger partial charge in [0.05, 0.1) is 6.54 Å². The zero-order valence-electron chi connectivity index (χ0n) is 15.7. The van der Waals surface area contributed by atoms with Crippen LogP contribution in [-0.4, -0.2) is 57.0 Å². The summed E-state index contributed by atoms with van der Waals surface area (Å²) in [6, 6.07) is 4.70. The second-order valence-electron chi connectivity index (χ2n) is 5.91. The number of benzene rings is 1. The van der Waals surface area contributed by atoms with E-state index in [2.05, 4.69) is 15.6 Å². The first-order valence-electron chi connectivity index (χ1n) is 8.21. The molecule has 0 unspecified atom stereocenters. The lowest BCUT2D eigenvalue weighted by Gasteiger charge is -2.19. The SMILES string of the molecule is CN=C(NCCCN(C)CC(F)(F)F)NCc1ccc(F)cc1CSC.I. The monoisotopic (exact) mass is 522 g/mol. The largest absolute Gasteiger partial charge is 0.401 e. The molecule has 0 radical (unpaired) electrons. The first kappa shape index (κ1) is 26.2. The van der Waals surface area contributed by atoms with Gasteiger partial charge in [-0.3, -0.25) is 9.89 Å². The highest BCUT2D eigenvalue weighted by Crippen LogP contribution is 2.17. The van der Waals surface area contributed by atoms with Gasteiger partial charge in [-0.2, -0.15) is 24.9 Å². The number of nitrogens with zero attached hydrogens (tertiary/aromatic N) is 2. The van der Waals surface area contributed by atoms with Crippen molar-refractivity contribution in [3.05, 3.63) is 35.1 Å². The van der Waals surface area contributed by atoms with Gasteiger partial charge in [0.2, 0.25) is 0 Å². The van der Waals surface area contributed by atoms with E-state index >= 15 is 0 Å². The van der Waals surface area contributed by atoms with Crippen molar-refractivity contribution in [3.63, 3.8) is 0 Å². The van der Waals surface area contributed by atoms with E-state index in [0.717, 1.165) is 11.1 Å². The van der Waals surface area contributed by atoms with Gasteiger partial charge < -0.3 is 10.6 Å². The minimum absolute atomic E-state index is 0. The van der Waals surface area contributed by atoms with E-state index in [1.165, 1.54) is 24.1 Å². The number of hydrogen-bond acceptors (Lipinski definition) is 3. The normalized spacial score (nSPS) is 12.1. The molecule has 0 heterocycles. The molecule has 0 aromatic heterocycles. The summed E-state index contributed by atoms with van der Waals surface area (Å²) in [6.07, 6.45) is -1.66. The third-order valence-corrected chi connectivity index (χ3v) is 4.20. The molecular weight excluding hydrogens is 495 g/mol. The fraction of sp³-hybridized carbons (Fsp3) is 0.588. The molecule has 156 valence electrons. The molecule has 10 heteroatoms. The summed E-state index contributed by atoms with van der Waals surface area (Å²) < 4.78 is 50.2. The number of hydrogen-bond donors (Lipinski definition) is 2. The van der Waals surface area contributed by atoms with Gasteiger partial charge >= 0.3 is 6.18 Å². The summed E-state index contributed by atoms with van der Waals surface area (Å²) >= 11 is 1.62. The maximum absolute atomic E-state index is 13.4. The molecule has 0 saturated carbocycles. The molecule has 0 atom stereocenters. The van der Waals surface area contributed by atoms with Crippen LogP contribution >= 0.6 is 35.7 Å². The Bertz CT molecular complexity index is 585. The van der Waals surface area contributed by atoms with E-state index in [-0.39, 0.29) is 29.8 Å². The molecule has 1 rings (SSSR count). The molecule has 27 heavy (non-hydrogen) atoms. The summed E-state index contributed by atoms with van der Waals surface area (Å²) in [6.45, 7) is 0.412. The molecule has 0 fully saturated rings. The number of nitrogens with one attached hydrogen (secondary N) is 2. The van der Waals surface area contributed by atoms with Gasteiger partial charge in [0.1, 0.15) is 5.82 Å². The predicted molar refractivity (Wildman–Crippen MR) is 115 cm³/mol. The highest BCUT2D eigenvalue weighted by atomic mass is 127. The second-order valence-corrected chi connectivity index (χ2v) is 6.77. The lowest BCUT2D eigenvalue weighted by molar-refractivity contribution is -0.143. The van der Waals surface area contributed by atoms with Crippen LogP contribution in [-0.2, 0) is 12.3 Å². The summed E-state index contributed by atoms with van der Waals surface area (Å²) in [5.74, 6) is 1.01. The second kappa shape index (κ2) is 13.4. The molecule has 0 spiro atoms. The lowest BCUT2D eigenvalue weighted by atomic mass is 10.1. The molecule has 1 aromatic rings. The Morgan fingerprint density at radius 2 is 1.93 bits per heavy atom. The van der Waals surface area contributed by atoms with E-state index in [1.807, 2.05) is 6.26 Å². The number of aliphatic imine (C=N–C) groups is 1. The van der Waals surface area contributed by atoms with E-state index < -0.39 is 12.7 Å². The van der Waals surface area contributed by atoms with Gasteiger partial charge in [-0.1, -0.05) is 6.07 Å². The first-order chi connectivity index (χ1) is 12.2. The quantitative estimate of drug-likeness (QED) is 0.170. The molecule has 0 bridgehead atoms. The van der Waals surface area contributed by atoms with Crippen molar-refractivity contribution in [2.24, 2.45) is 4.99 Å². The van der Waals surface area contributed by atoms with Crippen LogP contribution in [0.25, 0.3) is 0 Å². The minimum Gasteiger partial charge on any atom is -0.356 e. The van der Waals surface area contributed by atoms with E-state index in [4.69, 9.17) is 0 Å². The molecule has 0 aliphatic rings. The van der Waals surface area contributed by atoms with Crippen molar-refractivity contribution in [2.75, 3.05) is 40.0 Å². The van der Waals surface area contributed by atoms with Crippen LogP contribution in [0, 0.1) is 5.82 Å². The Morgan fingerprint density at radius 1 is 1.22 bits per heavy atom. The van der Waals surface area contributed by atoms with Crippen molar-refractivity contribution in [1.29, 1.82) is 0 Å². The fourth-order valence-electron chi connectivity index (χ4n) is 2.40. The van der Waals surface area contributed by atoms with Crippen molar-refractivity contribution in [1.82, 2.24) is 15.5 Å². The fourth-order valence-corrected chi connectivity index (χ4v) is 2.98. The highest BCUT2D eigenvalue weighted by Gasteiger charge is 2.28. The zero-order valence-corrected chi connectivity index (χ0v) is 18.8. The average Bonchev–Trinajstić information content (AvgIpc) is 2.54. The van der Waals surface area contributed by atoms with Crippen LogP contribution in [0.15, 0.2) is 23.2 Å². The van der Waals surface area contributed by atoms with E-state index in [9.17, 15) is 17.6 Å². The van der Waals surface area contributed by atoms with E-state index in [1.54, 1.807) is 24.9 Å². The molecule has 2 N–H and O–H groups in total. The van der Waals surface area contributed by atoms with Gasteiger partial charge in [-0.25, -0.2) is 4.39 Å². The van der Waals surface area contributed by atoms with Crippen molar-refractivity contribution in [3.8, 4) is 0 Å². The molecule has 0 aliphatic heterocycles. The summed E-state index contributed by atoms with van der Waals surface area (Å²) in [5, 5.41) is 6.22. The maximum Gasteiger partial charge on any atom is 0.401 e.